The van der Waals surface area contributed by atoms with Gasteiger partial charge < -0.3 is 10.4 Å². The van der Waals surface area contributed by atoms with Gasteiger partial charge in [-0.1, -0.05) is 12.8 Å². The van der Waals surface area contributed by atoms with E-state index in [1.54, 1.807) is 4.72 Å². The minimum absolute atomic E-state index is 0.00345. The molecule has 0 radical (unpaired) electrons. The third-order valence-corrected chi connectivity index (χ3v) is 5.79. The molecule has 4 rings (SSSR count). The van der Waals surface area contributed by atoms with E-state index in [1.165, 1.54) is 18.9 Å². The van der Waals surface area contributed by atoms with Crippen LogP contribution in [0.3, 0.4) is 0 Å². The number of carbonyl (C=O) groups excluding carboxylic acids is 1. The van der Waals surface area contributed by atoms with Crippen LogP contribution < -0.4 is 14.3 Å². The molecule has 11 heteroatoms. The van der Waals surface area contributed by atoms with Crippen LogP contribution in [0.2, 0.25) is 0 Å². The summed E-state index contributed by atoms with van der Waals surface area (Å²) < 4.78 is 41.2. The number of aromatic nitrogens is 2. The summed E-state index contributed by atoms with van der Waals surface area (Å²) in [5.74, 6) is -1.35. The molecule has 2 aliphatic rings. The second-order valence-corrected chi connectivity index (χ2v) is 8.01. The summed E-state index contributed by atoms with van der Waals surface area (Å²) in [4.78, 5) is 11.4. The average Bonchev–Trinajstić information content (AvgIpc) is 3.33. The molecule has 0 bridgehead atoms. The number of halogens is 1. The van der Waals surface area contributed by atoms with Crippen LogP contribution in [0.15, 0.2) is 12.1 Å². The van der Waals surface area contributed by atoms with E-state index in [9.17, 15) is 22.7 Å². The van der Waals surface area contributed by atoms with Gasteiger partial charge in [0.25, 0.3) is 5.91 Å². The Balaban J connectivity index is 1.72. The van der Waals surface area contributed by atoms with Crippen LogP contribution in [0, 0.1) is 11.7 Å². The Bertz CT molecular complexity index is 1010. The minimum Gasteiger partial charge on any atom is -0.506 e. The molecule has 1 saturated carbocycles. The summed E-state index contributed by atoms with van der Waals surface area (Å²) >= 11 is 0. The Kier molecular flexibility index (Phi) is 3.83. The monoisotopic (exact) mass is 381 g/mol. The average molecular weight is 381 g/mol. The van der Waals surface area contributed by atoms with Crippen molar-refractivity contribution in [2.45, 2.75) is 19.3 Å². The van der Waals surface area contributed by atoms with Gasteiger partial charge in [0.2, 0.25) is 0 Å². The molecule has 2 aromatic rings. The third-order valence-electron chi connectivity index (χ3n) is 4.41. The fourth-order valence-electron chi connectivity index (χ4n) is 2.90. The van der Waals surface area contributed by atoms with Crippen LogP contribution in [0.1, 0.15) is 19.3 Å². The van der Waals surface area contributed by atoms with Crippen molar-refractivity contribution in [3.05, 3.63) is 17.9 Å². The van der Waals surface area contributed by atoms with E-state index >= 15 is 0 Å². The molecule has 0 unspecified atom stereocenters. The van der Waals surface area contributed by atoms with Gasteiger partial charge in [0.05, 0.1) is 5.52 Å². The number of amides is 1. The molecule has 1 aromatic heterocycles. The molecule has 26 heavy (non-hydrogen) atoms. The van der Waals surface area contributed by atoms with Crippen molar-refractivity contribution in [3.63, 3.8) is 0 Å². The maximum absolute atomic E-state index is 15.0. The highest BCUT2D eigenvalue weighted by Gasteiger charge is 2.38. The van der Waals surface area contributed by atoms with Crippen molar-refractivity contribution in [1.29, 1.82) is 0 Å². The third kappa shape index (κ3) is 2.98. The molecule has 0 atom stereocenters. The Morgan fingerprint density at radius 2 is 2.12 bits per heavy atom. The predicted octanol–water partition coefficient (Wildman–Crippen LogP) is 0.867. The molecular formula is C15H16FN5O4S. The maximum atomic E-state index is 15.0. The quantitative estimate of drug-likeness (QED) is 0.702. The van der Waals surface area contributed by atoms with Gasteiger partial charge in [-0.3, -0.25) is 4.79 Å². The number of fused-ring (bicyclic) bond motifs is 1. The van der Waals surface area contributed by atoms with Gasteiger partial charge in [0, 0.05) is 18.0 Å². The normalized spacial score (nSPS) is 19.0. The Hall–Kier alpha value is -2.69. The second-order valence-electron chi connectivity index (χ2n) is 6.42. The Morgan fingerprint density at radius 1 is 1.35 bits per heavy atom. The highest BCUT2D eigenvalue weighted by molar-refractivity contribution is 7.92. The molecule has 1 aromatic carbocycles. The first kappa shape index (κ1) is 16.8. The minimum atomic E-state index is -4.25. The summed E-state index contributed by atoms with van der Waals surface area (Å²) in [7, 11) is -4.25. The van der Waals surface area contributed by atoms with E-state index in [2.05, 4.69) is 15.5 Å². The number of nitrogens with zero attached hydrogens (tertiary/aromatic N) is 3. The summed E-state index contributed by atoms with van der Waals surface area (Å²) in [5, 5.41) is 20.9. The number of carbonyl (C=O) groups is 1. The number of anilines is 2. The molecule has 2 heterocycles. The number of phenolic OH excluding ortho intramolecular Hbond substituents is 1. The van der Waals surface area contributed by atoms with Crippen LogP contribution >= 0.6 is 0 Å². The smallest absolute Gasteiger partial charge is 0.326 e. The molecule has 9 nitrogen and oxygen atoms in total. The fraction of sp³-hybridized carbons (Fsp3) is 0.400. The first-order valence-electron chi connectivity index (χ1n) is 8.11. The van der Waals surface area contributed by atoms with Gasteiger partial charge >= 0.3 is 10.2 Å². The molecule has 3 N–H and O–H groups in total. The van der Waals surface area contributed by atoms with E-state index in [4.69, 9.17) is 0 Å². The molecule has 2 fully saturated rings. The van der Waals surface area contributed by atoms with Crippen LogP contribution in [0.5, 0.6) is 5.75 Å². The van der Waals surface area contributed by atoms with Crippen molar-refractivity contribution in [1.82, 2.24) is 14.9 Å². The first-order chi connectivity index (χ1) is 12.3. The molecule has 1 aliphatic heterocycles. The lowest BCUT2D eigenvalue weighted by atomic mass is 10.1. The zero-order valence-electron chi connectivity index (χ0n) is 13.6. The van der Waals surface area contributed by atoms with Crippen molar-refractivity contribution in [3.8, 4) is 5.75 Å². The SMILES string of the molecule is O=C1CN(c2c(O)cc3nnc(NCCC4CC4)cc3c2F)S(=O)(=O)N1. The van der Waals surface area contributed by atoms with Gasteiger partial charge in [-0.05, 0) is 18.4 Å². The number of hydrogen-bond donors (Lipinski definition) is 3. The van der Waals surface area contributed by atoms with E-state index in [-0.39, 0.29) is 10.9 Å². The lowest BCUT2D eigenvalue weighted by Crippen LogP contribution is -2.30. The number of aromatic hydroxyl groups is 1. The van der Waals surface area contributed by atoms with E-state index < -0.39 is 39.9 Å². The van der Waals surface area contributed by atoms with E-state index in [1.807, 2.05) is 0 Å². The van der Waals surface area contributed by atoms with E-state index in [0.717, 1.165) is 18.4 Å². The number of rotatable bonds is 5. The van der Waals surface area contributed by atoms with Crippen LogP contribution in [-0.2, 0) is 15.0 Å². The zero-order valence-corrected chi connectivity index (χ0v) is 14.4. The van der Waals surface area contributed by atoms with Gasteiger partial charge in [-0.2, -0.15) is 8.42 Å². The molecule has 1 saturated heterocycles. The standard InChI is InChI=1S/C15H16FN5O4S/c16-14-9-5-12(17-4-3-8-1-2-8)19-18-10(9)6-11(22)15(14)21-7-13(23)20-26(21,24)25/h5-6,8,22H,1-4,7H2,(H,17,19)(H,20,23). The summed E-state index contributed by atoms with van der Waals surface area (Å²) in [6.45, 7) is 0.0691. The summed E-state index contributed by atoms with van der Waals surface area (Å²) in [6, 6.07) is 2.53. The molecular weight excluding hydrogens is 365 g/mol. The highest BCUT2D eigenvalue weighted by atomic mass is 32.2. The van der Waals surface area contributed by atoms with Gasteiger partial charge in [0.15, 0.2) is 5.82 Å². The highest BCUT2D eigenvalue weighted by Crippen LogP contribution is 2.38. The lowest BCUT2D eigenvalue weighted by molar-refractivity contribution is -0.117. The predicted molar refractivity (Wildman–Crippen MR) is 91.4 cm³/mol. The summed E-state index contributed by atoms with van der Waals surface area (Å²) in [6.07, 6.45) is 3.43. The number of benzene rings is 1. The second kappa shape index (κ2) is 5.94. The Labute approximate surface area is 148 Å². The van der Waals surface area contributed by atoms with Crippen molar-refractivity contribution < 1.29 is 22.7 Å². The van der Waals surface area contributed by atoms with Crippen molar-refractivity contribution in [2.75, 3.05) is 22.7 Å². The fourth-order valence-corrected chi connectivity index (χ4v) is 4.07. The first-order valence-corrected chi connectivity index (χ1v) is 9.55. The number of nitrogens with one attached hydrogen (secondary N) is 2. The van der Waals surface area contributed by atoms with Crippen LogP contribution in [0.4, 0.5) is 15.9 Å². The largest absolute Gasteiger partial charge is 0.506 e. The lowest BCUT2D eigenvalue weighted by Gasteiger charge is -2.18. The van der Waals surface area contributed by atoms with Crippen LogP contribution in [0.25, 0.3) is 10.9 Å². The van der Waals surface area contributed by atoms with Crippen LogP contribution in [-0.4, -0.2) is 42.7 Å². The molecule has 0 spiro atoms. The molecule has 1 amide bonds. The molecule has 138 valence electrons. The van der Waals surface area contributed by atoms with Gasteiger partial charge in [-0.15, -0.1) is 10.2 Å². The topological polar surface area (TPSA) is 125 Å². The van der Waals surface area contributed by atoms with Crippen molar-refractivity contribution in [2.24, 2.45) is 5.92 Å². The maximum Gasteiger partial charge on any atom is 0.326 e. The summed E-state index contributed by atoms with van der Waals surface area (Å²) in [5.41, 5.74) is -0.514. The molecule has 1 aliphatic carbocycles. The van der Waals surface area contributed by atoms with E-state index in [0.29, 0.717) is 16.7 Å². The number of hydrogen-bond acceptors (Lipinski definition) is 7. The van der Waals surface area contributed by atoms with Crippen molar-refractivity contribution >= 4 is 38.5 Å². The Morgan fingerprint density at radius 3 is 2.77 bits per heavy atom. The number of phenols is 1. The van der Waals surface area contributed by atoms with Gasteiger partial charge in [0.1, 0.15) is 23.8 Å². The van der Waals surface area contributed by atoms with Gasteiger partial charge in [-0.25, -0.2) is 13.4 Å². The zero-order chi connectivity index (χ0) is 18.5.